The van der Waals surface area contributed by atoms with E-state index in [0.29, 0.717) is 5.41 Å². The zero-order valence-electron chi connectivity index (χ0n) is 37.1. The van der Waals surface area contributed by atoms with Crippen molar-refractivity contribution in [3.05, 3.63) is 11.6 Å². The maximum Gasteiger partial charge on any atom is -0.0243 e. The van der Waals surface area contributed by atoms with Crippen LogP contribution >= 0.6 is 0 Å². The molecular formula is C44H102. The van der Waals surface area contributed by atoms with Crippen LogP contribution in [0.15, 0.2) is 11.6 Å². The van der Waals surface area contributed by atoms with Gasteiger partial charge in [0, 0.05) is 0 Å². The summed E-state index contributed by atoms with van der Waals surface area (Å²) in [4.78, 5) is 0. The summed E-state index contributed by atoms with van der Waals surface area (Å²) < 4.78 is 0. The van der Waals surface area contributed by atoms with Crippen molar-refractivity contribution in [1.29, 1.82) is 0 Å². The average Bonchev–Trinajstić information content (AvgIpc) is 3.03. The predicted octanol–water partition coefficient (Wildman–Crippen LogP) is 17.9. The lowest BCUT2D eigenvalue weighted by Gasteiger charge is -2.40. The van der Waals surface area contributed by atoms with E-state index in [0.717, 1.165) is 35.5 Å². The second-order valence-electron chi connectivity index (χ2n) is 12.9. The molecule has 0 bridgehead atoms. The van der Waals surface area contributed by atoms with E-state index in [1.807, 2.05) is 55.4 Å². The summed E-state index contributed by atoms with van der Waals surface area (Å²) in [6, 6.07) is 0. The minimum Gasteiger partial charge on any atom is -0.0851 e. The van der Waals surface area contributed by atoms with Crippen LogP contribution in [0.3, 0.4) is 0 Å². The van der Waals surface area contributed by atoms with Gasteiger partial charge in [0.2, 0.25) is 0 Å². The van der Waals surface area contributed by atoms with Gasteiger partial charge in [-0.15, -0.1) is 0 Å². The van der Waals surface area contributed by atoms with Gasteiger partial charge in [-0.25, -0.2) is 0 Å². The SMILES string of the molecule is CC.CC.CC.CC.CC/C(C)=C/CC(C)(C(C)C)C(C)CCC(C)C(CC)C(C)C.CCC.CCC(C)C.CCCCC. The summed E-state index contributed by atoms with van der Waals surface area (Å²) in [5, 5.41) is 0. The standard InChI is InChI=1S/C23H46.2C5H12.C3H8.4C2H6/c1-11-19(7)15-16-23(10,18(5)6)21(9)14-13-20(8)22(12-2)17(3)4;1-4-5(2)3;1-3-5-4-2;1-3-2;4*1-2/h15,17-18,20-22H,11-14,16H2,1-10H3;5H,4H2,1-3H3;3-5H2,1-2H3;3H2,1-2H3;4*1-2H3/b19-15+;;;;;;;. The van der Waals surface area contributed by atoms with E-state index in [1.165, 1.54) is 64.2 Å². The molecule has 0 aliphatic heterocycles. The smallest absolute Gasteiger partial charge is 0.0243 e. The quantitative estimate of drug-likeness (QED) is 0.167. The molecule has 4 atom stereocenters. The molecule has 0 amide bonds. The van der Waals surface area contributed by atoms with Crippen molar-refractivity contribution >= 4 is 0 Å². The molecule has 0 spiro atoms. The first-order valence-electron chi connectivity index (χ1n) is 20.3. The number of hydrogen-bond acceptors (Lipinski definition) is 0. The van der Waals surface area contributed by atoms with Crippen LogP contribution in [0.2, 0.25) is 0 Å². The van der Waals surface area contributed by atoms with E-state index in [2.05, 4.69) is 124 Å². The summed E-state index contributed by atoms with van der Waals surface area (Å²) >= 11 is 0. The van der Waals surface area contributed by atoms with Crippen molar-refractivity contribution in [3.8, 4) is 0 Å². The van der Waals surface area contributed by atoms with Crippen molar-refractivity contribution < 1.29 is 0 Å². The number of rotatable bonds is 14. The fourth-order valence-electron chi connectivity index (χ4n) is 4.49. The van der Waals surface area contributed by atoms with E-state index < -0.39 is 0 Å². The highest BCUT2D eigenvalue weighted by Crippen LogP contribution is 2.43. The second kappa shape index (κ2) is 52.3. The highest BCUT2D eigenvalue weighted by atomic mass is 14.4. The summed E-state index contributed by atoms with van der Waals surface area (Å²) in [6.45, 7) is 55.3. The molecule has 0 aromatic carbocycles. The molecule has 4 unspecified atom stereocenters. The molecule has 0 aromatic rings. The topological polar surface area (TPSA) is 0 Å². The molecule has 0 aliphatic rings. The lowest BCUT2D eigenvalue weighted by Crippen LogP contribution is -2.31. The van der Waals surface area contributed by atoms with Gasteiger partial charge in [0.15, 0.2) is 0 Å². The van der Waals surface area contributed by atoms with Crippen molar-refractivity contribution in [2.24, 2.45) is 40.9 Å². The highest BCUT2D eigenvalue weighted by molar-refractivity contribution is 5.01. The van der Waals surface area contributed by atoms with Gasteiger partial charge >= 0.3 is 0 Å². The third-order valence-electron chi connectivity index (χ3n) is 8.53. The number of allylic oxidation sites excluding steroid dienone is 2. The minimum atomic E-state index is 0.426. The molecule has 44 heavy (non-hydrogen) atoms. The first kappa shape index (κ1) is 62.6. The first-order valence-corrected chi connectivity index (χ1v) is 20.3. The van der Waals surface area contributed by atoms with Crippen LogP contribution in [0.25, 0.3) is 0 Å². The fraction of sp³-hybridized carbons (Fsp3) is 0.955. The zero-order chi connectivity index (χ0) is 37.3. The van der Waals surface area contributed by atoms with Gasteiger partial charge in [0.1, 0.15) is 0 Å². The van der Waals surface area contributed by atoms with E-state index in [-0.39, 0.29) is 0 Å². The van der Waals surface area contributed by atoms with Crippen molar-refractivity contribution in [2.45, 2.75) is 237 Å². The van der Waals surface area contributed by atoms with Gasteiger partial charge < -0.3 is 0 Å². The Morgan fingerprint density at radius 3 is 1.18 bits per heavy atom. The lowest BCUT2D eigenvalue weighted by atomic mass is 9.65. The van der Waals surface area contributed by atoms with Crippen LogP contribution in [0.4, 0.5) is 0 Å². The van der Waals surface area contributed by atoms with E-state index in [1.54, 1.807) is 5.57 Å². The van der Waals surface area contributed by atoms with Gasteiger partial charge in [0.25, 0.3) is 0 Å². The number of unbranched alkanes of at least 4 members (excludes halogenated alkanes) is 2. The summed E-state index contributed by atoms with van der Waals surface area (Å²) in [7, 11) is 0. The molecule has 0 aliphatic carbocycles. The molecule has 0 fully saturated rings. The summed E-state index contributed by atoms with van der Waals surface area (Å²) in [5.41, 5.74) is 1.97. The second-order valence-corrected chi connectivity index (χ2v) is 12.9. The Bertz CT molecular complexity index is 439. The highest BCUT2D eigenvalue weighted by Gasteiger charge is 2.33. The molecule has 0 N–H and O–H groups in total. The molecule has 0 nitrogen and oxygen atoms in total. The monoisotopic (exact) mass is 631 g/mol. The minimum absolute atomic E-state index is 0.426. The molecular weight excluding hydrogens is 528 g/mol. The van der Waals surface area contributed by atoms with Crippen LogP contribution in [-0.2, 0) is 0 Å². The van der Waals surface area contributed by atoms with Gasteiger partial charge in [0.05, 0.1) is 0 Å². The Morgan fingerprint density at radius 2 is 0.977 bits per heavy atom. The van der Waals surface area contributed by atoms with Crippen LogP contribution < -0.4 is 0 Å². The molecule has 278 valence electrons. The largest absolute Gasteiger partial charge is 0.0851 e. The molecule has 0 heteroatoms. The van der Waals surface area contributed by atoms with Gasteiger partial charge in [-0.1, -0.05) is 223 Å². The van der Waals surface area contributed by atoms with Crippen molar-refractivity contribution in [1.82, 2.24) is 0 Å². The Labute approximate surface area is 289 Å². The van der Waals surface area contributed by atoms with Crippen LogP contribution in [0, 0.1) is 40.9 Å². The normalized spacial score (nSPS) is 13.3. The van der Waals surface area contributed by atoms with Crippen molar-refractivity contribution in [3.63, 3.8) is 0 Å². The van der Waals surface area contributed by atoms with Crippen LogP contribution in [0.5, 0.6) is 0 Å². The Hall–Kier alpha value is -0.260. The van der Waals surface area contributed by atoms with E-state index >= 15 is 0 Å². The molecule has 0 aromatic heterocycles. The first-order chi connectivity index (χ1) is 20.7. The Morgan fingerprint density at radius 1 is 0.614 bits per heavy atom. The Balaban J connectivity index is -0.0000000838. The summed E-state index contributed by atoms with van der Waals surface area (Å²) in [5.74, 6) is 4.96. The average molecular weight is 631 g/mol. The third kappa shape index (κ3) is 46.2. The third-order valence-corrected chi connectivity index (χ3v) is 8.53. The van der Waals surface area contributed by atoms with Gasteiger partial charge in [-0.05, 0) is 67.1 Å². The van der Waals surface area contributed by atoms with Gasteiger partial charge in [-0.3, -0.25) is 0 Å². The van der Waals surface area contributed by atoms with Crippen LogP contribution in [-0.4, -0.2) is 0 Å². The zero-order valence-corrected chi connectivity index (χ0v) is 37.1. The molecule has 0 rings (SSSR count). The predicted molar refractivity (Wildman–Crippen MR) is 219 cm³/mol. The number of hydrogen-bond donors (Lipinski definition) is 0. The molecule has 0 saturated carbocycles. The van der Waals surface area contributed by atoms with E-state index in [9.17, 15) is 0 Å². The Kier molecular flexibility index (Phi) is 74.3. The maximum absolute atomic E-state index is 2.52. The summed E-state index contributed by atoms with van der Waals surface area (Å²) in [6.07, 6.45) is 15.6. The van der Waals surface area contributed by atoms with E-state index in [4.69, 9.17) is 0 Å². The van der Waals surface area contributed by atoms with Crippen molar-refractivity contribution in [2.75, 3.05) is 0 Å². The fourth-order valence-corrected chi connectivity index (χ4v) is 4.49. The maximum atomic E-state index is 2.52. The molecule has 0 radical (unpaired) electrons. The molecule has 0 saturated heterocycles. The molecule has 0 heterocycles. The van der Waals surface area contributed by atoms with Gasteiger partial charge in [-0.2, -0.15) is 0 Å². The van der Waals surface area contributed by atoms with Crippen LogP contribution in [0.1, 0.15) is 237 Å². The lowest BCUT2D eigenvalue weighted by molar-refractivity contribution is 0.109.